The number of aromatic nitrogens is 1. The normalized spacial score (nSPS) is 20.0. The number of rotatable bonds is 5. The highest BCUT2D eigenvalue weighted by Crippen LogP contribution is 2.49. The summed E-state index contributed by atoms with van der Waals surface area (Å²) < 4.78 is 2.47. The van der Waals surface area contributed by atoms with Crippen molar-refractivity contribution in [3.8, 4) is 11.1 Å². The molecule has 1 N–H and O–H groups in total. The van der Waals surface area contributed by atoms with Gasteiger partial charge >= 0.3 is 0 Å². The Morgan fingerprint density at radius 1 is 0.611 bits per heavy atom. The Morgan fingerprint density at radius 2 is 1.31 bits per heavy atom. The number of benzene rings is 6. The summed E-state index contributed by atoms with van der Waals surface area (Å²) in [5.74, 6) is 0.267. The van der Waals surface area contributed by atoms with Crippen molar-refractivity contribution in [1.29, 1.82) is 0 Å². The van der Waals surface area contributed by atoms with Crippen molar-refractivity contribution in [3.05, 3.63) is 210 Å². The molecule has 1 aromatic heterocycles. The standard InChI is InChI=1S/C50H38N4/c1-3-13-33(14-4-1)34-23-25-35(26-24-34)49-50(52-44-20-10-9-19-43(44)51-49)54-46-22-12-8-18-40(46)42-32-37(28-30-48(42)54)36-27-29-47-41(31-36)39-17-7-11-21-45(39)53(47)38-15-5-2-6-16-38/h1-8,10-18,20-32,41,47,50,52H,9,19H2. The molecule has 258 valence electrons. The summed E-state index contributed by atoms with van der Waals surface area (Å²) in [5.41, 5.74) is 15.6. The van der Waals surface area contributed by atoms with Crippen LogP contribution in [0.3, 0.4) is 0 Å². The largest absolute Gasteiger partial charge is 0.358 e. The summed E-state index contributed by atoms with van der Waals surface area (Å²) in [6.45, 7) is 0. The Labute approximate surface area is 315 Å². The van der Waals surface area contributed by atoms with E-state index < -0.39 is 0 Å². The third kappa shape index (κ3) is 4.94. The van der Waals surface area contributed by atoms with Crippen molar-refractivity contribution in [2.24, 2.45) is 4.99 Å². The molecule has 3 unspecified atom stereocenters. The fraction of sp³-hybridized carbons (Fsp3) is 0.100. The Hall–Kier alpha value is -6.65. The van der Waals surface area contributed by atoms with E-state index in [0.29, 0.717) is 0 Å². The molecule has 2 aliphatic carbocycles. The van der Waals surface area contributed by atoms with Crippen LogP contribution in [0.15, 0.2) is 198 Å². The fourth-order valence-electron chi connectivity index (χ4n) is 9.09. The highest BCUT2D eigenvalue weighted by molar-refractivity contribution is 6.12. The zero-order valence-corrected chi connectivity index (χ0v) is 29.8. The van der Waals surface area contributed by atoms with Crippen LogP contribution < -0.4 is 10.2 Å². The quantitative estimate of drug-likeness (QED) is 0.195. The van der Waals surface area contributed by atoms with Crippen LogP contribution in [0.5, 0.6) is 0 Å². The van der Waals surface area contributed by atoms with Gasteiger partial charge in [0.05, 0.1) is 34.2 Å². The maximum atomic E-state index is 5.44. The minimum atomic E-state index is -0.184. The first-order valence-corrected chi connectivity index (χ1v) is 19.1. The van der Waals surface area contributed by atoms with Gasteiger partial charge < -0.3 is 14.8 Å². The summed E-state index contributed by atoms with van der Waals surface area (Å²) in [6, 6.07) is 55.3. The van der Waals surface area contributed by atoms with Crippen LogP contribution in [-0.4, -0.2) is 16.3 Å². The van der Waals surface area contributed by atoms with E-state index >= 15 is 0 Å². The molecule has 2 aliphatic heterocycles. The molecule has 7 aromatic rings. The van der Waals surface area contributed by atoms with Crippen LogP contribution in [0.1, 0.15) is 41.6 Å². The smallest absolute Gasteiger partial charge is 0.148 e. The van der Waals surface area contributed by atoms with Gasteiger partial charge in [0, 0.05) is 33.6 Å². The van der Waals surface area contributed by atoms with Gasteiger partial charge in [-0.05, 0) is 83.1 Å². The fourth-order valence-corrected chi connectivity index (χ4v) is 9.09. The van der Waals surface area contributed by atoms with Crippen LogP contribution in [0.25, 0.3) is 38.5 Å². The lowest BCUT2D eigenvalue weighted by Gasteiger charge is -2.32. The van der Waals surface area contributed by atoms with E-state index in [1.54, 1.807) is 0 Å². The van der Waals surface area contributed by atoms with Gasteiger partial charge in [-0.1, -0.05) is 140 Å². The first kappa shape index (κ1) is 30.9. The zero-order chi connectivity index (χ0) is 35.6. The van der Waals surface area contributed by atoms with Gasteiger partial charge in [0.2, 0.25) is 0 Å². The highest BCUT2D eigenvalue weighted by atomic mass is 15.2. The molecule has 0 spiro atoms. The number of aliphatic imine (C=N–C) groups is 1. The highest BCUT2D eigenvalue weighted by Gasteiger charge is 2.38. The molecular formula is C50H38N4. The zero-order valence-electron chi connectivity index (χ0n) is 29.8. The van der Waals surface area contributed by atoms with E-state index in [2.05, 4.69) is 197 Å². The van der Waals surface area contributed by atoms with Gasteiger partial charge in [-0.3, -0.25) is 4.99 Å². The van der Waals surface area contributed by atoms with Gasteiger partial charge in [0.1, 0.15) is 6.17 Å². The molecule has 0 fully saturated rings. The predicted molar refractivity (Wildman–Crippen MR) is 224 cm³/mol. The summed E-state index contributed by atoms with van der Waals surface area (Å²) in [6.07, 6.45) is 13.5. The molecule has 0 amide bonds. The molecule has 3 heterocycles. The van der Waals surface area contributed by atoms with Gasteiger partial charge in [-0.25, -0.2) is 0 Å². The summed E-state index contributed by atoms with van der Waals surface area (Å²) >= 11 is 0. The molecule has 54 heavy (non-hydrogen) atoms. The lowest BCUT2D eigenvalue weighted by Crippen LogP contribution is -2.37. The van der Waals surface area contributed by atoms with Crippen LogP contribution in [0.4, 0.5) is 11.4 Å². The van der Waals surface area contributed by atoms with E-state index in [1.165, 1.54) is 61.0 Å². The number of allylic oxidation sites excluding steroid dienone is 5. The third-order valence-corrected chi connectivity index (χ3v) is 11.6. The van der Waals surface area contributed by atoms with E-state index in [9.17, 15) is 0 Å². The number of hydrogen-bond acceptors (Lipinski definition) is 3. The monoisotopic (exact) mass is 694 g/mol. The van der Waals surface area contributed by atoms with E-state index in [0.717, 1.165) is 35.5 Å². The molecule has 6 aromatic carbocycles. The molecule has 3 atom stereocenters. The number of anilines is 2. The van der Waals surface area contributed by atoms with Crippen LogP contribution in [0, 0.1) is 0 Å². The lowest BCUT2D eigenvalue weighted by molar-refractivity contribution is 0.579. The average molecular weight is 695 g/mol. The van der Waals surface area contributed by atoms with Crippen molar-refractivity contribution < 1.29 is 0 Å². The van der Waals surface area contributed by atoms with Crippen molar-refractivity contribution in [1.82, 2.24) is 9.88 Å². The second-order valence-electron chi connectivity index (χ2n) is 14.7. The molecule has 4 heteroatoms. The van der Waals surface area contributed by atoms with Crippen LogP contribution in [-0.2, 0) is 0 Å². The van der Waals surface area contributed by atoms with Crippen molar-refractivity contribution in [2.75, 3.05) is 4.90 Å². The first-order chi connectivity index (χ1) is 26.8. The minimum absolute atomic E-state index is 0.184. The van der Waals surface area contributed by atoms with Gasteiger partial charge in [-0.2, -0.15) is 0 Å². The number of fused-ring (bicyclic) bond motifs is 6. The van der Waals surface area contributed by atoms with Crippen molar-refractivity contribution in [3.63, 3.8) is 0 Å². The Kier molecular flexibility index (Phi) is 7.16. The molecule has 4 nitrogen and oxygen atoms in total. The molecular weight excluding hydrogens is 657 g/mol. The lowest BCUT2D eigenvalue weighted by atomic mass is 9.86. The van der Waals surface area contributed by atoms with Crippen molar-refractivity contribution >= 4 is 44.5 Å². The second kappa shape index (κ2) is 12.5. The molecule has 0 saturated heterocycles. The Bertz CT molecular complexity index is 2750. The molecule has 0 bridgehead atoms. The Morgan fingerprint density at radius 3 is 2.19 bits per heavy atom. The molecule has 11 rings (SSSR count). The number of hydrogen-bond donors (Lipinski definition) is 1. The molecule has 0 radical (unpaired) electrons. The van der Waals surface area contributed by atoms with E-state index in [1.807, 2.05) is 0 Å². The SMILES string of the molecule is C1=CC2=C(CC1)N=C(c1ccc(-c3ccccc3)cc1)C(n1c3ccccc3c3cc(C4=CC5c6ccccc6N(c6ccccc6)C5C=C4)ccc31)N2. The van der Waals surface area contributed by atoms with Gasteiger partial charge in [0.25, 0.3) is 0 Å². The number of nitrogens with zero attached hydrogens (tertiary/aromatic N) is 3. The topological polar surface area (TPSA) is 32.6 Å². The average Bonchev–Trinajstić information content (AvgIpc) is 3.76. The first-order valence-electron chi connectivity index (χ1n) is 19.1. The summed E-state index contributed by atoms with van der Waals surface area (Å²) in [5, 5.41) is 6.46. The summed E-state index contributed by atoms with van der Waals surface area (Å²) in [7, 11) is 0. The van der Waals surface area contributed by atoms with Crippen molar-refractivity contribution in [2.45, 2.75) is 31.0 Å². The Balaban J connectivity index is 1.01. The third-order valence-electron chi connectivity index (χ3n) is 11.6. The maximum absolute atomic E-state index is 5.44. The second-order valence-corrected chi connectivity index (χ2v) is 14.7. The van der Waals surface area contributed by atoms with Gasteiger partial charge in [0.15, 0.2) is 0 Å². The van der Waals surface area contributed by atoms with Crippen LogP contribution in [0.2, 0.25) is 0 Å². The summed E-state index contributed by atoms with van der Waals surface area (Å²) in [4.78, 5) is 7.93. The van der Waals surface area contributed by atoms with E-state index in [-0.39, 0.29) is 18.1 Å². The van der Waals surface area contributed by atoms with Gasteiger partial charge in [-0.15, -0.1) is 0 Å². The van der Waals surface area contributed by atoms with E-state index in [4.69, 9.17) is 4.99 Å². The molecule has 0 saturated carbocycles. The predicted octanol–water partition coefficient (Wildman–Crippen LogP) is 11.9. The van der Waals surface area contributed by atoms with Crippen LogP contribution >= 0.6 is 0 Å². The maximum Gasteiger partial charge on any atom is 0.148 e. The molecule has 4 aliphatic rings. The number of para-hydroxylation sites is 3. The number of nitrogens with one attached hydrogen (secondary N) is 1. The minimum Gasteiger partial charge on any atom is -0.358 e.